The fourth-order valence-electron chi connectivity index (χ4n) is 2.13. The van der Waals surface area contributed by atoms with Gasteiger partial charge in [-0.1, -0.05) is 71.1 Å². The zero-order valence-electron chi connectivity index (χ0n) is 12.6. The molecular weight excluding hydrogens is 224 g/mol. The lowest BCUT2D eigenvalue weighted by Crippen LogP contribution is -2.38. The van der Waals surface area contributed by atoms with E-state index in [1.54, 1.807) is 0 Å². The summed E-state index contributed by atoms with van der Waals surface area (Å²) in [4.78, 5) is 0. The summed E-state index contributed by atoms with van der Waals surface area (Å²) in [6.45, 7) is 4.27. The van der Waals surface area contributed by atoms with Gasteiger partial charge in [0.05, 0.1) is 0 Å². The first-order chi connectivity index (χ1) is 8.18. The zero-order valence-corrected chi connectivity index (χ0v) is 12.6. The van der Waals surface area contributed by atoms with Crippen LogP contribution in [-0.2, 0) is 0 Å². The number of rotatable bonds is 12. The zero-order chi connectivity index (χ0) is 12.9. The molecule has 0 saturated carbocycles. The summed E-state index contributed by atoms with van der Waals surface area (Å²) in [5.74, 6) is 0. The van der Waals surface area contributed by atoms with E-state index in [4.69, 9.17) is 11.5 Å². The van der Waals surface area contributed by atoms with E-state index in [0.29, 0.717) is 0 Å². The molecule has 2 unspecified atom stereocenters. The Labute approximate surface area is 114 Å². The molecule has 0 fully saturated rings. The minimum atomic E-state index is 0. The van der Waals surface area contributed by atoms with E-state index in [1.807, 2.05) is 6.92 Å². The summed E-state index contributed by atoms with van der Waals surface area (Å²) >= 11 is 0. The standard InChI is InChI=1S/C15H34N2.H2O/c1-3-4-5-6-7-8-9-10-11-12-13-15(17)14(2)16;/h14-15H,3-13,16-17H2,1-2H3;1H2. The number of hydrogen-bond acceptors (Lipinski definition) is 2. The predicted octanol–water partition coefficient (Wildman–Crippen LogP) is 3.15. The Bertz CT molecular complexity index is 151. The number of nitrogens with two attached hydrogens (primary N) is 2. The van der Waals surface area contributed by atoms with E-state index < -0.39 is 0 Å². The fourth-order valence-corrected chi connectivity index (χ4v) is 2.13. The molecule has 2 atom stereocenters. The van der Waals surface area contributed by atoms with Crippen molar-refractivity contribution in [1.29, 1.82) is 0 Å². The fraction of sp³-hybridized carbons (Fsp3) is 1.00. The molecule has 0 spiro atoms. The molecule has 0 aliphatic heterocycles. The van der Waals surface area contributed by atoms with E-state index in [2.05, 4.69) is 6.92 Å². The smallest absolute Gasteiger partial charge is 0.0189 e. The summed E-state index contributed by atoms with van der Waals surface area (Å²) in [6.07, 6.45) is 14.9. The quantitative estimate of drug-likeness (QED) is 0.528. The van der Waals surface area contributed by atoms with Gasteiger partial charge in [0, 0.05) is 12.1 Å². The molecular formula is C15H36N2O. The van der Waals surface area contributed by atoms with Gasteiger partial charge < -0.3 is 16.9 Å². The second-order valence-electron chi connectivity index (χ2n) is 5.49. The van der Waals surface area contributed by atoms with Crippen LogP contribution in [0, 0.1) is 0 Å². The van der Waals surface area contributed by atoms with Gasteiger partial charge in [0.2, 0.25) is 0 Å². The highest BCUT2D eigenvalue weighted by atomic mass is 16.0. The van der Waals surface area contributed by atoms with Crippen molar-refractivity contribution in [3.8, 4) is 0 Å². The summed E-state index contributed by atoms with van der Waals surface area (Å²) in [7, 11) is 0. The van der Waals surface area contributed by atoms with Crippen LogP contribution < -0.4 is 11.5 Å². The SMILES string of the molecule is CCCCCCCCCCCCC(N)C(C)N.O. The van der Waals surface area contributed by atoms with Gasteiger partial charge in [-0.05, 0) is 13.3 Å². The van der Waals surface area contributed by atoms with E-state index in [0.717, 1.165) is 6.42 Å². The van der Waals surface area contributed by atoms with E-state index >= 15 is 0 Å². The van der Waals surface area contributed by atoms with E-state index in [-0.39, 0.29) is 17.6 Å². The molecule has 0 saturated heterocycles. The van der Waals surface area contributed by atoms with Crippen LogP contribution in [0.3, 0.4) is 0 Å². The van der Waals surface area contributed by atoms with Crippen molar-refractivity contribution in [2.45, 2.75) is 96.6 Å². The van der Waals surface area contributed by atoms with Crippen LogP contribution in [0.25, 0.3) is 0 Å². The third kappa shape index (κ3) is 13.9. The van der Waals surface area contributed by atoms with Crippen molar-refractivity contribution >= 4 is 0 Å². The van der Waals surface area contributed by atoms with Gasteiger partial charge in [-0.15, -0.1) is 0 Å². The van der Waals surface area contributed by atoms with Crippen LogP contribution >= 0.6 is 0 Å². The first-order valence-corrected chi connectivity index (χ1v) is 7.69. The second kappa shape index (κ2) is 14.9. The lowest BCUT2D eigenvalue weighted by atomic mass is 10.0. The molecule has 3 nitrogen and oxygen atoms in total. The van der Waals surface area contributed by atoms with Gasteiger partial charge in [0.1, 0.15) is 0 Å². The average Bonchev–Trinajstić information content (AvgIpc) is 2.31. The van der Waals surface area contributed by atoms with Crippen molar-refractivity contribution in [3.05, 3.63) is 0 Å². The van der Waals surface area contributed by atoms with Crippen LogP contribution in [0.2, 0.25) is 0 Å². The largest absolute Gasteiger partial charge is 0.412 e. The highest BCUT2D eigenvalue weighted by molar-refractivity contribution is 4.70. The van der Waals surface area contributed by atoms with Crippen molar-refractivity contribution in [2.75, 3.05) is 0 Å². The Morgan fingerprint density at radius 2 is 1.11 bits per heavy atom. The first-order valence-electron chi connectivity index (χ1n) is 7.69. The lowest BCUT2D eigenvalue weighted by Gasteiger charge is -2.14. The molecule has 0 amide bonds. The highest BCUT2D eigenvalue weighted by Crippen LogP contribution is 2.11. The van der Waals surface area contributed by atoms with Gasteiger partial charge in [-0.2, -0.15) is 0 Å². The molecule has 0 rings (SSSR count). The molecule has 6 N–H and O–H groups in total. The Balaban J connectivity index is 0. The molecule has 18 heavy (non-hydrogen) atoms. The predicted molar refractivity (Wildman–Crippen MR) is 81.7 cm³/mol. The average molecular weight is 260 g/mol. The third-order valence-electron chi connectivity index (χ3n) is 3.57. The summed E-state index contributed by atoms with van der Waals surface area (Å²) < 4.78 is 0. The van der Waals surface area contributed by atoms with Gasteiger partial charge in [-0.25, -0.2) is 0 Å². The summed E-state index contributed by atoms with van der Waals surface area (Å²) in [6, 6.07) is 0.345. The number of unbranched alkanes of at least 4 members (excludes halogenated alkanes) is 9. The minimum Gasteiger partial charge on any atom is -0.412 e. The maximum absolute atomic E-state index is 5.90. The van der Waals surface area contributed by atoms with Crippen molar-refractivity contribution in [1.82, 2.24) is 0 Å². The molecule has 112 valence electrons. The Morgan fingerprint density at radius 1 is 0.722 bits per heavy atom. The van der Waals surface area contributed by atoms with Crippen LogP contribution in [0.15, 0.2) is 0 Å². The molecule has 0 aromatic carbocycles. The van der Waals surface area contributed by atoms with Gasteiger partial charge in [0.15, 0.2) is 0 Å². The van der Waals surface area contributed by atoms with Gasteiger partial charge >= 0.3 is 0 Å². The molecule has 0 heterocycles. The van der Waals surface area contributed by atoms with Crippen LogP contribution in [-0.4, -0.2) is 17.6 Å². The maximum atomic E-state index is 5.90. The molecule has 0 aromatic rings. The van der Waals surface area contributed by atoms with Crippen molar-refractivity contribution in [3.63, 3.8) is 0 Å². The molecule has 0 aliphatic carbocycles. The normalized spacial score (nSPS) is 14.0. The van der Waals surface area contributed by atoms with E-state index in [1.165, 1.54) is 64.2 Å². The van der Waals surface area contributed by atoms with Crippen LogP contribution in [0.4, 0.5) is 0 Å². The summed E-state index contributed by atoms with van der Waals surface area (Å²) in [5.41, 5.74) is 11.6. The maximum Gasteiger partial charge on any atom is 0.0189 e. The molecule has 0 aliphatic rings. The lowest BCUT2D eigenvalue weighted by molar-refractivity contribution is 0.481. The van der Waals surface area contributed by atoms with Gasteiger partial charge in [-0.3, -0.25) is 0 Å². The highest BCUT2D eigenvalue weighted by Gasteiger charge is 2.06. The van der Waals surface area contributed by atoms with Gasteiger partial charge in [0.25, 0.3) is 0 Å². The minimum absolute atomic E-state index is 0. The van der Waals surface area contributed by atoms with Crippen molar-refractivity contribution < 1.29 is 5.48 Å². The molecule has 0 bridgehead atoms. The molecule has 0 aromatic heterocycles. The van der Waals surface area contributed by atoms with Crippen LogP contribution in [0.5, 0.6) is 0 Å². The monoisotopic (exact) mass is 260 g/mol. The third-order valence-corrected chi connectivity index (χ3v) is 3.57. The molecule has 0 radical (unpaired) electrons. The second-order valence-corrected chi connectivity index (χ2v) is 5.49. The topological polar surface area (TPSA) is 83.5 Å². The Kier molecular flexibility index (Phi) is 16.8. The Hall–Kier alpha value is -0.120. The first kappa shape index (κ1) is 20.2. The van der Waals surface area contributed by atoms with E-state index in [9.17, 15) is 0 Å². The Morgan fingerprint density at radius 3 is 1.50 bits per heavy atom. The number of hydrogen-bond donors (Lipinski definition) is 2. The van der Waals surface area contributed by atoms with Crippen molar-refractivity contribution in [2.24, 2.45) is 11.5 Å². The van der Waals surface area contributed by atoms with Crippen LogP contribution in [0.1, 0.15) is 84.5 Å². The summed E-state index contributed by atoms with van der Waals surface area (Å²) in [5, 5.41) is 0. The molecule has 3 heteroatoms.